The van der Waals surface area contributed by atoms with Crippen molar-refractivity contribution in [2.24, 2.45) is 5.92 Å². The maximum absolute atomic E-state index is 10.6. The third-order valence-electron chi connectivity index (χ3n) is 3.59. The molecule has 0 bridgehead atoms. The maximum atomic E-state index is 10.6. The molecule has 0 atom stereocenters. The van der Waals surface area contributed by atoms with E-state index in [1.165, 1.54) is 5.56 Å². The number of aryl methyl sites for hydroxylation is 1. The molecule has 0 aliphatic heterocycles. The summed E-state index contributed by atoms with van der Waals surface area (Å²) in [6.45, 7) is 2.04. The van der Waals surface area contributed by atoms with Gasteiger partial charge in [-0.1, -0.05) is 12.1 Å². The van der Waals surface area contributed by atoms with Crippen LogP contribution in [0.1, 0.15) is 36.3 Å². The molecule has 2 rings (SSSR count). The summed E-state index contributed by atoms with van der Waals surface area (Å²) in [6.07, 6.45) is 2.31. The Morgan fingerprint density at radius 1 is 1.47 bits per heavy atom. The van der Waals surface area contributed by atoms with E-state index in [0.29, 0.717) is 18.3 Å². The molecule has 92 valence electrons. The molecule has 1 aliphatic carbocycles. The molecule has 0 amide bonds. The Bertz CT molecular complexity index is 419. The van der Waals surface area contributed by atoms with Crippen LogP contribution in [0.2, 0.25) is 0 Å². The Balaban J connectivity index is 1.97. The molecule has 0 aromatic heterocycles. The average molecular weight is 234 g/mol. The number of carboxylic acids is 1. The fraction of sp³-hybridized carbons (Fsp3) is 0.500. The highest BCUT2D eigenvalue weighted by Gasteiger charge is 2.31. The molecule has 1 saturated carbocycles. The van der Waals surface area contributed by atoms with Crippen molar-refractivity contribution in [2.75, 3.05) is 7.11 Å². The van der Waals surface area contributed by atoms with Crippen LogP contribution < -0.4 is 4.74 Å². The minimum absolute atomic E-state index is 0.311. The third kappa shape index (κ3) is 2.60. The second kappa shape index (κ2) is 4.78. The summed E-state index contributed by atoms with van der Waals surface area (Å²) in [7, 11) is 1.67. The Morgan fingerprint density at radius 2 is 2.18 bits per heavy atom. The lowest BCUT2D eigenvalue weighted by Crippen LogP contribution is -2.24. The van der Waals surface area contributed by atoms with Crippen LogP contribution in [-0.4, -0.2) is 18.2 Å². The molecule has 1 aromatic carbocycles. The van der Waals surface area contributed by atoms with Gasteiger partial charge in [0.05, 0.1) is 7.11 Å². The Morgan fingerprint density at radius 3 is 2.71 bits per heavy atom. The SMILES string of the molecule is COc1ccc(C2CC(CC(=O)O)C2)cc1C. The van der Waals surface area contributed by atoms with Crippen molar-refractivity contribution in [1.29, 1.82) is 0 Å². The number of methoxy groups -OCH3 is 1. The van der Waals surface area contributed by atoms with Crippen LogP contribution in [0.4, 0.5) is 0 Å². The number of hydrogen-bond acceptors (Lipinski definition) is 2. The molecular weight excluding hydrogens is 216 g/mol. The van der Waals surface area contributed by atoms with Gasteiger partial charge in [0.25, 0.3) is 0 Å². The second-order valence-corrected chi connectivity index (χ2v) is 4.86. The first-order chi connectivity index (χ1) is 8.10. The number of benzene rings is 1. The molecule has 1 aromatic rings. The molecule has 0 saturated heterocycles. The lowest BCUT2D eigenvalue weighted by atomic mass is 9.70. The average Bonchev–Trinajstić information content (AvgIpc) is 2.22. The lowest BCUT2D eigenvalue weighted by molar-refractivity contribution is -0.138. The van der Waals surface area contributed by atoms with Crippen molar-refractivity contribution in [2.45, 2.75) is 32.1 Å². The number of rotatable bonds is 4. The maximum Gasteiger partial charge on any atom is 0.303 e. The summed E-state index contributed by atoms with van der Waals surface area (Å²) >= 11 is 0. The lowest BCUT2D eigenvalue weighted by Gasteiger charge is -2.35. The van der Waals surface area contributed by atoms with E-state index in [2.05, 4.69) is 12.1 Å². The molecule has 0 radical (unpaired) electrons. The van der Waals surface area contributed by atoms with Crippen LogP contribution in [0.5, 0.6) is 5.75 Å². The van der Waals surface area contributed by atoms with Crippen LogP contribution in [0.15, 0.2) is 18.2 Å². The van der Waals surface area contributed by atoms with Crippen molar-refractivity contribution >= 4 is 5.97 Å². The summed E-state index contributed by atoms with van der Waals surface area (Å²) in [4.78, 5) is 10.6. The Labute approximate surface area is 101 Å². The van der Waals surface area contributed by atoms with Crippen LogP contribution >= 0.6 is 0 Å². The topological polar surface area (TPSA) is 46.5 Å². The molecule has 1 aliphatic rings. The van der Waals surface area contributed by atoms with E-state index in [1.807, 2.05) is 13.0 Å². The van der Waals surface area contributed by atoms with Gasteiger partial charge < -0.3 is 9.84 Å². The highest BCUT2D eigenvalue weighted by molar-refractivity contribution is 5.67. The van der Waals surface area contributed by atoms with Crippen LogP contribution in [-0.2, 0) is 4.79 Å². The van der Waals surface area contributed by atoms with Gasteiger partial charge >= 0.3 is 5.97 Å². The second-order valence-electron chi connectivity index (χ2n) is 4.86. The molecule has 0 unspecified atom stereocenters. The first-order valence-electron chi connectivity index (χ1n) is 5.96. The van der Waals surface area contributed by atoms with E-state index in [9.17, 15) is 4.79 Å². The standard InChI is InChI=1S/C14H18O3/c1-9-5-11(3-4-13(9)17-2)12-6-10(7-12)8-14(15)16/h3-5,10,12H,6-8H2,1-2H3,(H,15,16). The van der Waals surface area contributed by atoms with Crippen molar-refractivity contribution in [3.8, 4) is 5.75 Å². The highest BCUT2D eigenvalue weighted by Crippen LogP contribution is 2.43. The number of aliphatic carboxylic acids is 1. The predicted octanol–water partition coefficient (Wildman–Crippen LogP) is 2.97. The van der Waals surface area contributed by atoms with Crippen molar-refractivity contribution in [3.63, 3.8) is 0 Å². The van der Waals surface area contributed by atoms with Crippen LogP contribution in [0, 0.1) is 12.8 Å². The van der Waals surface area contributed by atoms with Gasteiger partial charge in [-0.3, -0.25) is 4.79 Å². The molecule has 3 nitrogen and oxygen atoms in total. The third-order valence-corrected chi connectivity index (χ3v) is 3.59. The van der Waals surface area contributed by atoms with E-state index in [4.69, 9.17) is 9.84 Å². The van der Waals surface area contributed by atoms with Crippen molar-refractivity contribution < 1.29 is 14.6 Å². The molecule has 1 fully saturated rings. The summed E-state index contributed by atoms with van der Waals surface area (Å²) in [5.41, 5.74) is 2.46. The van der Waals surface area contributed by atoms with E-state index in [1.54, 1.807) is 7.11 Å². The van der Waals surface area contributed by atoms with Crippen molar-refractivity contribution in [1.82, 2.24) is 0 Å². The van der Waals surface area contributed by atoms with E-state index in [-0.39, 0.29) is 0 Å². The smallest absolute Gasteiger partial charge is 0.303 e. The van der Waals surface area contributed by atoms with E-state index >= 15 is 0 Å². The number of carbonyl (C=O) groups is 1. The normalized spacial score (nSPS) is 22.9. The predicted molar refractivity (Wildman–Crippen MR) is 65.4 cm³/mol. The molecule has 17 heavy (non-hydrogen) atoms. The molecule has 0 spiro atoms. The first-order valence-corrected chi connectivity index (χ1v) is 5.96. The zero-order chi connectivity index (χ0) is 12.4. The van der Waals surface area contributed by atoms with Gasteiger partial charge in [-0.05, 0) is 48.8 Å². The van der Waals surface area contributed by atoms with Gasteiger partial charge in [0.1, 0.15) is 5.75 Å². The van der Waals surface area contributed by atoms with Gasteiger partial charge in [-0.15, -0.1) is 0 Å². The number of hydrogen-bond donors (Lipinski definition) is 1. The first kappa shape index (κ1) is 12.0. The molecular formula is C14H18O3. The monoisotopic (exact) mass is 234 g/mol. The molecule has 0 heterocycles. The Kier molecular flexibility index (Phi) is 3.36. The van der Waals surface area contributed by atoms with Gasteiger partial charge in [0, 0.05) is 6.42 Å². The summed E-state index contributed by atoms with van der Waals surface area (Å²) in [6, 6.07) is 6.24. The van der Waals surface area contributed by atoms with Gasteiger partial charge in [0.2, 0.25) is 0 Å². The molecule has 3 heteroatoms. The Hall–Kier alpha value is -1.51. The summed E-state index contributed by atoms with van der Waals surface area (Å²) < 4.78 is 5.23. The minimum Gasteiger partial charge on any atom is -0.496 e. The fourth-order valence-electron chi connectivity index (χ4n) is 2.58. The zero-order valence-corrected chi connectivity index (χ0v) is 10.3. The summed E-state index contributed by atoms with van der Waals surface area (Å²) in [5, 5.41) is 8.70. The fourth-order valence-corrected chi connectivity index (χ4v) is 2.58. The zero-order valence-electron chi connectivity index (χ0n) is 10.3. The van der Waals surface area contributed by atoms with Crippen LogP contribution in [0.3, 0.4) is 0 Å². The van der Waals surface area contributed by atoms with Gasteiger partial charge in [0.15, 0.2) is 0 Å². The van der Waals surface area contributed by atoms with Gasteiger partial charge in [-0.2, -0.15) is 0 Å². The summed E-state index contributed by atoms with van der Waals surface area (Å²) in [5.74, 6) is 1.12. The van der Waals surface area contributed by atoms with Gasteiger partial charge in [-0.25, -0.2) is 0 Å². The number of carboxylic acid groups (broad SMARTS) is 1. The highest BCUT2D eigenvalue weighted by atomic mass is 16.5. The molecule has 1 N–H and O–H groups in total. The quantitative estimate of drug-likeness (QED) is 0.871. The van der Waals surface area contributed by atoms with Crippen molar-refractivity contribution in [3.05, 3.63) is 29.3 Å². The van der Waals surface area contributed by atoms with Crippen LogP contribution in [0.25, 0.3) is 0 Å². The van der Waals surface area contributed by atoms with E-state index < -0.39 is 5.97 Å². The van der Waals surface area contributed by atoms with E-state index in [0.717, 1.165) is 24.2 Å². The minimum atomic E-state index is -0.681. The largest absolute Gasteiger partial charge is 0.496 e. The number of ether oxygens (including phenoxy) is 1.